The van der Waals surface area contributed by atoms with Crippen LogP contribution in [0.4, 0.5) is 0 Å². The van der Waals surface area contributed by atoms with Gasteiger partial charge in [0.1, 0.15) is 6.61 Å². The number of hydrogen-bond donors (Lipinski definition) is 2. The largest absolute Gasteiger partial charge is 0.469 e. The lowest BCUT2D eigenvalue weighted by molar-refractivity contribution is -0.161. The van der Waals surface area contributed by atoms with Gasteiger partial charge in [0.05, 0.1) is 6.61 Å². The van der Waals surface area contributed by atoms with Gasteiger partial charge in [-0.05, 0) is 38.5 Å². The van der Waals surface area contributed by atoms with E-state index in [0.717, 1.165) is 51.4 Å². The van der Waals surface area contributed by atoms with Crippen LogP contribution >= 0.6 is 7.82 Å². The van der Waals surface area contributed by atoms with E-state index in [1.807, 2.05) is 0 Å². The predicted octanol–water partition coefficient (Wildman–Crippen LogP) is 10.7. The number of rotatable bonds is 34. The highest BCUT2D eigenvalue weighted by Gasteiger charge is 2.22. The van der Waals surface area contributed by atoms with E-state index in [9.17, 15) is 14.2 Å². The Morgan fingerprint density at radius 1 is 0.556 bits per heavy atom. The van der Waals surface area contributed by atoms with Gasteiger partial charge in [-0.15, -0.1) is 0 Å². The number of carbonyl (C=O) groups excluding carboxylic acids is 2. The summed E-state index contributed by atoms with van der Waals surface area (Å²) in [4.78, 5) is 42.6. The van der Waals surface area contributed by atoms with E-state index in [1.54, 1.807) is 0 Å². The first kappa shape index (κ1) is 43.8. The Kier molecular flexibility index (Phi) is 31.8. The molecule has 0 rings (SSSR count). The molecule has 8 nitrogen and oxygen atoms in total. The molecule has 0 aliphatic carbocycles. The highest BCUT2D eigenvalue weighted by Crippen LogP contribution is 2.36. The van der Waals surface area contributed by atoms with Crippen LogP contribution in [-0.2, 0) is 28.2 Å². The number of esters is 2. The smallest absolute Gasteiger partial charge is 0.462 e. The molecule has 2 N–H and O–H groups in total. The summed E-state index contributed by atoms with van der Waals surface area (Å²) in [6.07, 6.45) is 33.6. The summed E-state index contributed by atoms with van der Waals surface area (Å²) in [5, 5.41) is 0. The molecule has 45 heavy (non-hydrogen) atoms. The van der Waals surface area contributed by atoms with Crippen molar-refractivity contribution in [1.29, 1.82) is 0 Å². The number of unbranched alkanes of at least 4 members (excludes halogenated alkanes) is 22. The Labute approximate surface area is 276 Å². The highest BCUT2D eigenvalue weighted by atomic mass is 31.2. The lowest BCUT2D eigenvalue weighted by Crippen LogP contribution is -2.29. The van der Waals surface area contributed by atoms with Gasteiger partial charge in [0.25, 0.3) is 0 Å². The third-order valence-electron chi connectivity index (χ3n) is 8.03. The third-order valence-corrected chi connectivity index (χ3v) is 8.52. The van der Waals surface area contributed by atoms with Gasteiger partial charge in [-0.25, -0.2) is 4.57 Å². The fraction of sp³-hybridized carbons (Fsp3) is 0.889. The SMILES string of the molecule is CCCCCCCC/C=C/CCCCCCCC(=O)O[C@H](COC(=O)CCCCCCCCCCCCCC)COP(=O)(O)O. The van der Waals surface area contributed by atoms with Gasteiger partial charge in [0, 0.05) is 12.8 Å². The summed E-state index contributed by atoms with van der Waals surface area (Å²) in [6, 6.07) is 0. The number of phosphoric ester groups is 1. The van der Waals surface area contributed by atoms with Crippen LogP contribution in [-0.4, -0.2) is 41.0 Å². The molecule has 0 aromatic heterocycles. The van der Waals surface area contributed by atoms with E-state index in [-0.39, 0.29) is 19.4 Å². The Morgan fingerprint density at radius 3 is 1.36 bits per heavy atom. The zero-order valence-electron chi connectivity index (χ0n) is 29.0. The molecule has 0 aliphatic heterocycles. The Hall–Kier alpha value is -1.21. The van der Waals surface area contributed by atoms with Crippen LogP contribution in [0.3, 0.4) is 0 Å². The van der Waals surface area contributed by atoms with Crippen molar-refractivity contribution in [2.45, 2.75) is 193 Å². The number of allylic oxidation sites excluding steroid dienone is 2. The van der Waals surface area contributed by atoms with Crippen LogP contribution in [0.5, 0.6) is 0 Å². The van der Waals surface area contributed by atoms with Crippen molar-refractivity contribution >= 4 is 19.8 Å². The van der Waals surface area contributed by atoms with Crippen LogP contribution in [0.15, 0.2) is 12.2 Å². The monoisotopic (exact) mass is 660 g/mol. The molecule has 0 amide bonds. The molecule has 0 aromatic rings. The summed E-state index contributed by atoms with van der Waals surface area (Å²) in [6.45, 7) is 3.66. The standard InChI is InChI=1S/C36H69O8P/c1-3-5-7-9-11-13-15-17-18-19-21-23-25-27-29-31-36(38)44-34(33-43-45(39,40)41)32-42-35(37)30-28-26-24-22-20-16-14-12-10-8-6-4-2/h17-18,34H,3-16,19-33H2,1-2H3,(H2,39,40,41)/b18-17+/t34-/m1/s1. The minimum absolute atomic E-state index is 0.206. The van der Waals surface area contributed by atoms with Crippen LogP contribution in [0, 0.1) is 0 Å². The van der Waals surface area contributed by atoms with E-state index < -0.39 is 32.5 Å². The first-order chi connectivity index (χ1) is 21.8. The van der Waals surface area contributed by atoms with Gasteiger partial charge in [0.2, 0.25) is 0 Å². The first-order valence-corrected chi connectivity index (χ1v) is 20.0. The molecule has 0 fully saturated rings. The maximum absolute atomic E-state index is 12.3. The average molecular weight is 661 g/mol. The lowest BCUT2D eigenvalue weighted by atomic mass is 10.0. The molecule has 0 saturated carbocycles. The van der Waals surface area contributed by atoms with Crippen LogP contribution < -0.4 is 0 Å². The number of carbonyl (C=O) groups is 2. The van der Waals surface area contributed by atoms with E-state index in [1.165, 1.54) is 103 Å². The molecule has 0 bridgehead atoms. The molecule has 0 radical (unpaired) electrons. The van der Waals surface area contributed by atoms with Crippen LogP contribution in [0.2, 0.25) is 0 Å². The highest BCUT2D eigenvalue weighted by molar-refractivity contribution is 7.46. The van der Waals surface area contributed by atoms with Crippen LogP contribution in [0.1, 0.15) is 187 Å². The van der Waals surface area contributed by atoms with Crippen molar-refractivity contribution in [3.05, 3.63) is 12.2 Å². The quantitative estimate of drug-likeness (QED) is 0.0303. The van der Waals surface area contributed by atoms with Crippen molar-refractivity contribution in [2.75, 3.05) is 13.2 Å². The molecule has 0 aromatic carbocycles. The fourth-order valence-electron chi connectivity index (χ4n) is 5.25. The van der Waals surface area contributed by atoms with E-state index in [4.69, 9.17) is 19.3 Å². The average Bonchev–Trinajstić information content (AvgIpc) is 3.00. The number of hydrogen-bond acceptors (Lipinski definition) is 6. The summed E-state index contributed by atoms with van der Waals surface area (Å²) in [7, 11) is -4.74. The molecule has 0 spiro atoms. The van der Waals surface area contributed by atoms with E-state index >= 15 is 0 Å². The van der Waals surface area contributed by atoms with Crippen LogP contribution in [0.25, 0.3) is 0 Å². The molecule has 0 saturated heterocycles. The minimum atomic E-state index is -4.74. The molecule has 9 heteroatoms. The van der Waals surface area contributed by atoms with Crippen molar-refractivity contribution in [1.82, 2.24) is 0 Å². The van der Waals surface area contributed by atoms with E-state index in [0.29, 0.717) is 6.42 Å². The number of phosphoric acid groups is 1. The van der Waals surface area contributed by atoms with Gasteiger partial charge in [-0.2, -0.15) is 0 Å². The van der Waals surface area contributed by atoms with Crippen molar-refractivity contribution < 1.29 is 37.9 Å². The minimum Gasteiger partial charge on any atom is -0.462 e. The topological polar surface area (TPSA) is 119 Å². The van der Waals surface area contributed by atoms with E-state index in [2.05, 4.69) is 30.5 Å². The number of ether oxygens (including phenoxy) is 2. The molecular formula is C36H69O8P. The first-order valence-electron chi connectivity index (χ1n) is 18.5. The lowest BCUT2D eigenvalue weighted by Gasteiger charge is -2.18. The summed E-state index contributed by atoms with van der Waals surface area (Å²) < 4.78 is 26.3. The van der Waals surface area contributed by atoms with Gasteiger partial charge in [-0.1, -0.05) is 148 Å². The normalized spacial score (nSPS) is 12.5. The van der Waals surface area contributed by atoms with Crippen molar-refractivity contribution in [2.24, 2.45) is 0 Å². The third kappa shape index (κ3) is 35.5. The molecule has 266 valence electrons. The molecule has 0 heterocycles. The second-order valence-electron chi connectivity index (χ2n) is 12.6. The molecule has 0 aliphatic rings. The maximum atomic E-state index is 12.3. The van der Waals surface area contributed by atoms with Crippen molar-refractivity contribution in [3.8, 4) is 0 Å². The Bertz CT molecular complexity index is 751. The summed E-state index contributed by atoms with van der Waals surface area (Å²) >= 11 is 0. The van der Waals surface area contributed by atoms with Gasteiger partial charge < -0.3 is 19.3 Å². The summed E-state index contributed by atoms with van der Waals surface area (Å²) in [5.74, 6) is -0.888. The zero-order chi connectivity index (χ0) is 33.3. The Balaban J connectivity index is 3.97. The molecular weight excluding hydrogens is 591 g/mol. The van der Waals surface area contributed by atoms with Gasteiger partial charge >= 0.3 is 19.8 Å². The maximum Gasteiger partial charge on any atom is 0.469 e. The second-order valence-corrected chi connectivity index (χ2v) is 13.8. The fourth-order valence-corrected chi connectivity index (χ4v) is 5.61. The second kappa shape index (κ2) is 32.7. The Morgan fingerprint density at radius 2 is 0.933 bits per heavy atom. The summed E-state index contributed by atoms with van der Waals surface area (Å²) in [5.41, 5.74) is 0. The molecule has 0 unspecified atom stereocenters. The van der Waals surface area contributed by atoms with Gasteiger partial charge in [0.15, 0.2) is 6.10 Å². The van der Waals surface area contributed by atoms with Crippen molar-refractivity contribution in [3.63, 3.8) is 0 Å². The zero-order valence-corrected chi connectivity index (χ0v) is 29.9. The van der Waals surface area contributed by atoms with Gasteiger partial charge in [-0.3, -0.25) is 14.1 Å². The molecule has 1 atom stereocenters. The predicted molar refractivity (Wildman–Crippen MR) is 184 cm³/mol.